The highest BCUT2D eigenvalue weighted by molar-refractivity contribution is 7.32. The third-order valence-electron chi connectivity index (χ3n) is 9.04. The number of thiazole rings is 2. The second-order valence-corrected chi connectivity index (χ2v) is 17.4. The van der Waals surface area contributed by atoms with Crippen molar-refractivity contribution in [3.8, 4) is 19.8 Å². The van der Waals surface area contributed by atoms with Gasteiger partial charge in [-0.05, 0) is 62.8 Å². The highest BCUT2D eigenvalue weighted by atomic mass is 32.1. The van der Waals surface area contributed by atoms with E-state index in [1.807, 2.05) is 22.7 Å². The van der Waals surface area contributed by atoms with Crippen LogP contribution in [0.15, 0.2) is 12.1 Å². The topological polar surface area (TPSA) is 25.8 Å². The summed E-state index contributed by atoms with van der Waals surface area (Å²) >= 11 is 7.38. The predicted molar refractivity (Wildman–Crippen MR) is 202 cm³/mol. The van der Waals surface area contributed by atoms with Crippen molar-refractivity contribution in [3.05, 3.63) is 33.0 Å². The molecule has 4 rings (SSSR count). The average Bonchev–Trinajstić information content (AvgIpc) is 3.78. The first-order chi connectivity index (χ1) is 21.6. The molecule has 0 aliphatic rings. The third kappa shape index (κ3) is 11.6. The minimum absolute atomic E-state index is 1.10. The van der Waals surface area contributed by atoms with Crippen LogP contribution in [0.4, 0.5) is 0 Å². The highest BCUT2D eigenvalue weighted by Gasteiger charge is 2.17. The van der Waals surface area contributed by atoms with Crippen LogP contribution < -0.4 is 0 Å². The van der Waals surface area contributed by atoms with E-state index in [-0.39, 0.29) is 0 Å². The van der Waals surface area contributed by atoms with Crippen LogP contribution >= 0.6 is 45.3 Å². The van der Waals surface area contributed by atoms with Gasteiger partial charge in [0.25, 0.3) is 0 Å². The first-order valence-corrected chi connectivity index (χ1v) is 21.3. The molecule has 4 aromatic rings. The van der Waals surface area contributed by atoms with Gasteiger partial charge < -0.3 is 0 Å². The molecule has 0 amide bonds. The molecule has 0 unspecified atom stereocenters. The monoisotopic (exact) mass is 670 g/mol. The number of rotatable bonds is 24. The molecule has 244 valence electrons. The number of hydrogen-bond acceptors (Lipinski definition) is 6. The van der Waals surface area contributed by atoms with Crippen molar-refractivity contribution >= 4 is 55.0 Å². The van der Waals surface area contributed by atoms with Crippen molar-refractivity contribution in [2.45, 2.75) is 169 Å². The van der Waals surface area contributed by atoms with Crippen LogP contribution in [-0.4, -0.2) is 9.97 Å². The van der Waals surface area contributed by atoms with Crippen LogP contribution in [0, 0.1) is 13.8 Å². The molecular formula is C38H58N2S4. The number of aryl methyl sites for hydroxylation is 4. The summed E-state index contributed by atoms with van der Waals surface area (Å²) in [5, 5.41) is 2.30. The Hall–Kier alpha value is -1.08. The van der Waals surface area contributed by atoms with Crippen molar-refractivity contribution < 1.29 is 0 Å². The van der Waals surface area contributed by atoms with Crippen molar-refractivity contribution in [1.82, 2.24) is 9.97 Å². The highest BCUT2D eigenvalue weighted by Crippen LogP contribution is 2.42. The Morgan fingerprint density at radius 3 is 1.09 bits per heavy atom. The van der Waals surface area contributed by atoms with Crippen LogP contribution in [0.25, 0.3) is 29.4 Å². The lowest BCUT2D eigenvalue weighted by atomic mass is 10.0. The quantitative estimate of drug-likeness (QED) is 0.0693. The number of unbranched alkanes of at least 4 members (excludes halogenated alkanes) is 18. The van der Waals surface area contributed by atoms with Gasteiger partial charge in [0.05, 0.1) is 9.75 Å². The maximum absolute atomic E-state index is 5.06. The van der Waals surface area contributed by atoms with Gasteiger partial charge in [-0.25, -0.2) is 9.97 Å². The van der Waals surface area contributed by atoms with E-state index in [1.165, 1.54) is 172 Å². The molecule has 0 aromatic carbocycles. The van der Waals surface area contributed by atoms with Gasteiger partial charge in [0.1, 0.15) is 10.0 Å². The molecule has 2 nitrogen and oxygen atoms in total. The largest absolute Gasteiger partial charge is 0.222 e. The fourth-order valence-electron chi connectivity index (χ4n) is 6.21. The molecule has 0 spiro atoms. The maximum atomic E-state index is 5.06. The SMILES string of the molecule is CCCCCCCCCCCCc1cc(-c2nc3sc(-c4cc(CCCCCCCCCCCC)c(C)s4)nc3s2)sc1C. The van der Waals surface area contributed by atoms with E-state index in [2.05, 4.69) is 39.8 Å². The summed E-state index contributed by atoms with van der Waals surface area (Å²) < 4.78 is 0. The van der Waals surface area contributed by atoms with E-state index < -0.39 is 0 Å². The molecule has 0 aliphatic carbocycles. The molecule has 0 radical (unpaired) electrons. The van der Waals surface area contributed by atoms with E-state index in [1.54, 1.807) is 22.7 Å². The zero-order valence-corrected chi connectivity index (χ0v) is 31.5. The predicted octanol–water partition coefficient (Wildman–Crippen LogP) is 14.8. The van der Waals surface area contributed by atoms with Crippen molar-refractivity contribution in [3.63, 3.8) is 0 Å². The smallest absolute Gasteiger partial charge is 0.155 e. The summed E-state index contributed by atoms with van der Waals surface area (Å²) in [6.07, 6.45) is 30.3. The molecule has 0 atom stereocenters. The summed E-state index contributed by atoms with van der Waals surface area (Å²) in [5.41, 5.74) is 3.06. The van der Waals surface area contributed by atoms with Gasteiger partial charge >= 0.3 is 0 Å². The molecule has 0 N–H and O–H groups in total. The third-order valence-corrected chi connectivity index (χ3v) is 13.6. The Morgan fingerprint density at radius 2 is 0.750 bits per heavy atom. The molecule has 44 heavy (non-hydrogen) atoms. The van der Waals surface area contributed by atoms with Crippen molar-refractivity contribution in [2.75, 3.05) is 0 Å². The van der Waals surface area contributed by atoms with Gasteiger partial charge in [0.15, 0.2) is 9.66 Å². The van der Waals surface area contributed by atoms with Gasteiger partial charge in [-0.1, -0.05) is 152 Å². The molecule has 4 heterocycles. The normalized spacial score (nSPS) is 11.8. The zero-order chi connectivity index (χ0) is 31.0. The Bertz CT molecular complexity index is 1210. The fraction of sp³-hybridized carbons (Fsp3) is 0.684. The summed E-state index contributed by atoms with van der Waals surface area (Å²) in [4.78, 5) is 17.9. The second kappa shape index (κ2) is 20.2. The first kappa shape index (κ1) is 35.8. The second-order valence-electron chi connectivity index (χ2n) is 12.9. The van der Waals surface area contributed by atoms with E-state index >= 15 is 0 Å². The summed E-state index contributed by atoms with van der Waals surface area (Å²) in [6.45, 7) is 9.17. The van der Waals surface area contributed by atoms with Crippen LogP contribution in [0.5, 0.6) is 0 Å². The Morgan fingerprint density at radius 1 is 0.432 bits per heavy atom. The fourth-order valence-corrected chi connectivity index (χ4v) is 10.5. The lowest BCUT2D eigenvalue weighted by molar-refractivity contribution is 0.556. The average molecular weight is 671 g/mol. The van der Waals surface area contributed by atoms with Crippen LogP contribution in [-0.2, 0) is 12.8 Å². The standard InChI is InChI=1S/C38H58N2S4/c1-5-7-9-11-13-15-17-19-21-23-25-31-27-33(41-29(31)3)35-39-37-38(43-35)40-36(44-37)34-28-32(30(4)42-34)26-24-22-20-18-16-14-12-10-8-6-2/h27-28H,5-26H2,1-4H3. The number of fused-ring (bicyclic) bond motifs is 1. The molecule has 0 bridgehead atoms. The molecular weight excluding hydrogens is 613 g/mol. The van der Waals surface area contributed by atoms with Gasteiger partial charge in [0.2, 0.25) is 0 Å². The van der Waals surface area contributed by atoms with Gasteiger partial charge in [-0.15, -0.1) is 22.7 Å². The lowest BCUT2D eigenvalue weighted by Crippen LogP contribution is -1.86. The molecule has 4 aromatic heterocycles. The van der Waals surface area contributed by atoms with Crippen molar-refractivity contribution in [1.29, 1.82) is 0 Å². The number of thiophene rings is 2. The van der Waals surface area contributed by atoms with Crippen LogP contribution in [0.3, 0.4) is 0 Å². The molecule has 0 fully saturated rings. The Kier molecular flexibility index (Phi) is 16.4. The van der Waals surface area contributed by atoms with Gasteiger partial charge in [-0.3, -0.25) is 0 Å². The zero-order valence-electron chi connectivity index (χ0n) is 28.2. The van der Waals surface area contributed by atoms with Crippen LogP contribution in [0.2, 0.25) is 0 Å². The summed E-state index contributed by atoms with van der Waals surface area (Å²) in [5.74, 6) is 0. The Balaban J connectivity index is 1.19. The minimum atomic E-state index is 1.10. The molecule has 6 heteroatoms. The number of hydrogen-bond donors (Lipinski definition) is 0. The van der Waals surface area contributed by atoms with E-state index in [0.717, 1.165) is 19.7 Å². The molecule has 0 saturated carbocycles. The van der Waals surface area contributed by atoms with E-state index in [4.69, 9.17) is 9.97 Å². The minimum Gasteiger partial charge on any atom is -0.222 e. The number of aromatic nitrogens is 2. The maximum Gasteiger partial charge on any atom is 0.155 e. The first-order valence-electron chi connectivity index (χ1n) is 18.1. The van der Waals surface area contributed by atoms with Gasteiger partial charge in [0, 0.05) is 9.75 Å². The van der Waals surface area contributed by atoms with Crippen molar-refractivity contribution in [2.24, 2.45) is 0 Å². The van der Waals surface area contributed by atoms with Gasteiger partial charge in [-0.2, -0.15) is 0 Å². The summed E-state index contributed by atoms with van der Waals surface area (Å²) in [6, 6.07) is 4.83. The summed E-state index contributed by atoms with van der Waals surface area (Å²) in [7, 11) is 0. The lowest BCUT2D eigenvalue weighted by Gasteiger charge is -2.02. The molecule has 0 saturated heterocycles. The van der Waals surface area contributed by atoms with E-state index in [0.29, 0.717) is 0 Å². The van der Waals surface area contributed by atoms with Crippen LogP contribution in [0.1, 0.15) is 163 Å². The molecule has 0 aliphatic heterocycles. The Labute approximate surface area is 285 Å². The van der Waals surface area contributed by atoms with E-state index in [9.17, 15) is 0 Å². The number of nitrogens with zero attached hydrogens (tertiary/aromatic N) is 2.